The monoisotopic (exact) mass is 361 g/mol. The number of benzene rings is 1. The normalized spacial score (nSPS) is 13.2. The third kappa shape index (κ3) is 5.35. The first-order valence-corrected chi connectivity index (χ1v) is 10.6. The van der Waals surface area contributed by atoms with Crippen molar-refractivity contribution in [2.75, 3.05) is 11.3 Å². The van der Waals surface area contributed by atoms with E-state index in [1.54, 1.807) is 0 Å². The Morgan fingerprint density at radius 2 is 1.42 bits per heavy atom. The maximum atomic E-state index is 4.68. The highest BCUT2D eigenvalue weighted by molar-refractivity contribution is 8.04. The van der Waals surface area contributed by atoms with E-state index in [1.807, 2.05) is 35.8 Å². The zero-order chi connectivity index (χ0) is 17.8. The van der Waals surface area contributed by atoms with Crippen LogP contribution in [0.25, 0.3) is 0 Å². The number of rotatable bonds is 6. The van der Waals surface area contributed by atoms with Gasteiger partial charge in [-0.3, -0.25) is 0 Å². The predicted molar refractivity (Wildman–Crippen MR) is 114 cm³/mol. The van der Waals surface area contributed by atoms with Gasteiger partial charge in [-0.15, -0.1) is 11.3 Å². The molecule has 0 radical (unpaired) electrons. The molecule has 1 aromatic heterocycles. The summed E-state index contributed by atoms with van der Waals surface area (Å²) in [6, 6.07) is 13.0. The van der Waals surface area contributed by atoms with E-state index < -0.39 is 6.28 Å². The van der Waals surface area contributed by atoms with Gasteiger partial charge in [0.15, 0.2) is 6.28 Å². The van der Waals surface area contributed by atoms with Crippen LogP contribution in [0.15, 0.2) is 48.8 Å². The largest absolute Gasteiger partial charge is 0.439 e. The Labute approximate surface area is 156 Å². The molecule has 1 heterocycles. The van der Waals surface area contributed by atoms with E-state index >= 15 is 0 Å². The molecule has 132 valence electrons. The lowest BCUT2D eigenvalue weighted by atomic mass is 9.34. The van der Waals surface area contributed by atoms with Crippen molar-refractivity contribution in [2.45, 2.75) is 51.0 Å². The molecule has 2 nitrogen and oxygen atoms in total. The quantitative estimate of drug-likeness (QED) is 0.693. The summed E-state index contributed by atoms with van der Waals surface area (Å²) < 4.78 is 2.70. The van der Waals surface area contributed by atoms with Gasteiger partial charge < -0.3 is 4.59 Å². The van der Waals surface area contributed by atoms with Gasteiger partial charge in [-0.05, 0) is 12.3 Å². The van der Waals surface area contributed by atoms with Gasteiger partial charge in [0.25, 0.3) is 0 Å². The SMILES string of the molecule is CC(C)(C)SC[B-](CSC(C)(C)C)(c1ccccc1)n1cccn1. The van der Waals surface area contributed by atoms with Crippen LogP contribution in [-0.4, -0.2) is 36.8 Å². The van der Waals surface area contributed by atoms with E-state index in [0.717, 1.165) is 11.3 Å². The lowest BCUT2D eigenvalue weighted by Gasteiger charge is -2.44. The second-order valence-electron chi connectivity index (χ2n) is 8.43. The fourth-order valence-electron chi connectivity index (χ4n) is 2.71. The molecule has 0 aliphatic rings. The molecule has 0 aliphatic carbocycles. The van der Waals surface area contributed by atoms with Crippen molar-refractivity contribution in [1.82, 2.24) is 9.69 Å². The van der Waals surface area contributed by atoms with Crippen LogP contribution in [0.5, 0.6) is 0 Å². The zero-order valence-electron chi connectivity index (χ0n) is 15.8. The van der Waals surface area contributed by atoms with Crippen LogP contribution in [-0.2, 0) is 0 Å². The second-order valence-corrected chi connectivity index (χ2v) is 12.1. The molecule has 0 spiro atoms. The first-order valence-electron chi connectivity index (χ1n) is 8.64. The fourth-order valence-corrected chi connectivity index (χ4v) is 5.33. The molecule has 0 unspecified atom stereocenters. The predicted octanol–water partition coefficient (Wildman–Crippen LogP) is 4.73. The third-order valence-corrected chi connectivity index (χ3v) is 7.20. The van der Waals surface area contributed by atoms with Crippen LogP contribution in [0, 0.1) is 0 Å². The Bertz CT molecular complexity index is 595. The lowest BCUT2D eigenvalue weighted by Crippen LogP contribution is -2.61. The maximum Gasteiger partial charge on any atom is 0.158 e. The van der Waals surface area contributed by atoms with Crippen LogP contribution >= 0.6 is 23.5 Å². The van der Waals surface area contributed by atoms with Gasteiger partial charge in [0.1, 0.15) is 0 Å². The molecule has 2 aromatic rings. The van der Waals surface area contributed by atoms with Gasteiger partial charge in [0.05, 0.1) is 0 Å². The van der Waals surface area contributed by atoms with E-state index in [2.05, 4.69) is 87.8 Å². The van der Waals surface area contributed by atoms with E-state index in [4.69, 9.17) is 0 Å². The smallest absolute Gasteiger partial charge is 0.158 e. The highest BCUT2D eigenvalue weighted by atomic mass is 32.2. The second kappa shape index (κ2) is 7.61. The molecule has 5 heteroatoms. The Balaban J connectivity index is 2.46. The van der Waals surface area contributed by atoms with Crippen LogP contribution in [0.4, 0.5) is 0 Å². The summed E-state index contributed by atoms with van der Waals surface area (Å²) in [6.07, 6.45) is 3.08. The van der Waals surface area contributed by atoms with Gasteiger partial charge >= 0.3 is 0 Å². The first kappa shape index (κ1) is 19.5. The van der Waals surface area contributed by atoms with Crippen molar-refractivity contribution in [3.63, 3.8) is 0 Å². The average Bonchev–Trinajstić information content (AvgIpc) is 3.01. The number of thioether (sulfide) groups is 2. The van der Waals surface area contributed by atoms with Gasteiger partial charge in [0.2, 0.25) is 0 Å². The van der Waals surface area contributed by atoms with Gasteiger partial charge in [0, 0.05) is 15.7 Å². The molecule has 0 amide bonds. The van der Waals surface area contributed by atoms with E-state index in [0.29, 0.717) is 0 Å². The minimum absolute atomic E-state index is 0.237. The van der Waals surface area contributed by atoms with Crippen molar-refractivity contribution in [2.24, 2.45) is 0 Å². The Kier molecular flexibility index (Phi) is 6.19. The molecule has 0 saturated heterocycles. The number of hydrogen-bond donors (Lipinski definition) is 0. The van der Waals surface area contributed by atoms with Crippen LogP contribution < -0.4 is 5.46 Å². The summed E-state index contributed by atoms with van der Waals surface area (Å²) in [4.78, 5) is 0. The first-order chi connectivity index (χ1) is 11.1. The molecule has 2 rings (SSSR count). The van der Waals surface area contributed by atoms with Crippen molar-refractivity contribution < 1.29 is 0 Å². The fraction of sp³-hybridized carbons (Fsp3) is 0.526. The summed E-state index contributed by atoms with van der Waals surface area (Å²) in [5.41, 5.74) is 3.53. The molecule has 0 saturated carbocycles. The molecule has 0 fully saturated rings. The summed E-state index contributed by atoms with van der Waals surface area (Å²) in [7, 11) is 0. The van der Waals surface area contributed by atoms with Crippen LogP contribution in [0.2, 0.25) is 0 Å². The van der Waals surface area contributed by atoms with Crippen LogP contribution in [0.3, 0.4) is 0 Å². The number of hydrogen-bond acceptors (Lipinski definition) is 3. The van der Waals surface area contributed by atoms with Gasteiger partial charge in [-0.2, -0.15) is 29.0 Å². The summed E-state index contributed by atoms with van der Waals surface area (Å²) in [6.45, 7) is 13.8. The number of nitrogens with zero attached hydrogens (tertiary/aromatic N) is 2. The van der Waals surface area contributed by atoms with Crippen molar-refractivity contribution >= 4 is 35.3 Å². The maximum absolute atomic E-state index is 4.68. The van der Waals surface area contributed by atoms with E-state index in [-0.39, 0.29) is 9.49 Å². The molecule has 1 aromatic carbocycles. The van der Waals surface area contributed by atoms with Crippen molar-refractivity contribution in [3.8, 4) is 0 Å². The summed E-state index contributed by atoms with van der Waals surface area (Å²) >= 11 is 4.08. The minimum atomic E-state index is -0.969. The summed E-state index contributed by atoms with van der Waals surface area (Å²) in [5, 5.41) is 4.68. The zero-order valence-corrected chi connectivity index (χ0v) is 17.5. The Morgan fingerprint density at radius 3 is 1.83 bits per heavy atom. The third-order valence-electron chi connectivity index (χ3n) is 4.04. The molecular formula is C19H30BN2S2-. The van der Waals surface area contributed by atoms with E-state index in [9.17, 15) is 0 Å². The summed E-state index contributed by atoms with van der Waals surface area (Å²) in [5.74, 6) is 0. The molecule has 0 bridgehead atoms. The molecule has 0 aliphatic heterocycles. The topological polar surface area (TPSA) is 17.8 Å². The van der Waals surface area contributed by atoms with E-state index in [1.165, 1.54) is 5.46 Å². The van der Waals surface area contributed by atoms with Gasteiger partial charge in [-0.1, -0.05) is 71.9 Å². The highest BCUT2D eigenvalue weighted by Crippen LogP contribution is 2.32. The Morgan fingerprint density at radius 1 is 0.875 bits per heavy atom. The van der Waals surface area contributed by atoms with Crippen molar-refractivity contribution in [3.05, 3.63) is 48.8 Å². The standard InChI is InChI=1S/C19H30BN2S2/c1-18(2,3)23-15-20(16-24-19(4,5)6,22-14-10-13-21-22)17-11-8-7-9-12-17/h7-14H,15-16H2,1-6H3/q-1. The Hall–Kier alpha value is -0.805. The molecule has 0 atom stereocenters. The minimum Gasteiger partial charge on any atom is -0.439 e. The van der Waals surface area contributed by atoms with Crippen molar-refractivity contribution in [1.29, 1.82) is 0 Å². The highest BCUT2D eigenvalue weighted by Gasteiger charge is 2.32. The number of aromatic nitrogens is 2. The average molecular weight is 361 g/mol. The van der Waals surface area contributed by atoms with Gasteiger partial charge in [-0.25, -0.2) is 5.10 Å². The lowest BCUT2D eigenvalue weighted by molar-refractivity contribution is 0.803. The van der Waals surface area contributed by atoms with Crippen LogP contribution in [0.1, 0.15) is 41.5 Å². The molecule has 0 N–H and O–H groups in total. The molecule has 24 heavy (non-hydrogen) atoms. The molecular weight excluding hydrogens is 331 g/mol.